The van der Waals surface area contributed by atoms with Crippen molar-refractivity contribution in [1.29, 1.82) is 0 Å². The summed E-state index contributed by atoms with van der Waals surface area (Å²) < 4.78 is 1.73. The summed E-state index contributed by atoms with van der Waals surface area (Å²) in [4.78, 5) is 19.2. The van der Waals surface area contributed by atoms with Gasteiger partial charge >= 0.3 is 0 Å². The lowest BCUT2D eigenvalue weighted by molar-refractivity contribution is 0.767. The van der Waals surface area contributed by atoms with Crippen molar-refractivity contribution >= 4 is 34.1 Å². The maximum Gasteiger partial charge on any atom is 0.262 e. The van der Waals surface area contributed by atoms with Crippen LogP contribution in [0.15, 0.2) is 53.3 Å². The first-order chi connectivity index (χ1) is 10.2. The van der Waals surface area contributed by atoms with E-state index in [2.05, 4.69) is 4.98 Å². The smallest absolute Gasteiger partial charge is 0.262 e. The van der Waals surface area contributed by atoms with Gasteiger partial charge < -0.3 is 4.90 Å². The van der Waals surface area contributed by atoms with Gasteiger partial charge in [-0.2, -0.15) is 0 Å². The Balaban J connectivity index is 1.92. The molecule has 0 unspecified atom stereocenters. The standard InChI is InChI=1S/C16H12ClN3O/c17-11-5-7-12(8-6-11)19-9-10-20-15(21)13-3-1-2-4-14(13)18-16(19)20/h1-8H,9-10H2. The third kappa shape index (κ3) is 1.91. The van der Waals surface area contributed by atoms with E-state index in [1.54, 1.807) is 4.57 Å². The fraction of sp³-hybridized carbons (Fsp3) is 0.125. The summed E-state index contributed by atoms with van der Waals surface area (Å²) >= 11 is 5.93. The topological polar surface area (TPSA) is 38.1 Å². The van der Waals surface area contributed by atoms with Gasteiger partial charge in [0.1, 0.15) is 0 Å². The van der Waals surface area contributed by atoms with Gasteiger partial charge in [0.2, 0.25) is 5.95 Å². The number of benzene rings is 2. The summed E-state index contributed by atoms with van der Waals surface area (Å²) in [6.45, 7) is 1.38. The van der Waals surface area contributed by atoms with E-state index < -0.39 is 0 Å². The van der Waals surface area contributed by atoms with Gasteiger partial charge in [0.25, 0.3) is 5.56 Å². The second kappa shape index (κ2) is 4.60. The lowest BCUT2D eigenvalue weighted by Crippen LogP contribution is -2.20. The molecule has 3 aromatic rings. The maximum atomic E-state index is 12.5. The number of para-hydroxylation sites is 1. The highest BCUT2D eigenvalue weighted by molar-refractivity contribution is 6.30. The lowest BCUT2D eigenvalue weighted by Gasteiger charge is -2.17. The van der Waals surface area contributed by atoms with E-state index in [1.165, 1.54) is 0 Å². The Morgan fingerprint density at radius 3 is 2.57 bits per heavy atom. The van der Waals surface area contributed by atoms with Crippen molar-refractivity contribution in [1.82, 2.24) is 9.55 Å². The molecule has 0 amide bonds. The monoisotopic (exact) mass is 297 g/mol. The highest BCUT2D eigenvalue weighted by Crippen LogP contribution is 2.29. The molecular formula is C16H12ClN3O. The minimum atomic E-state index is 0.0204. The molecule has 1 aliphatic heterocycles. The van der Waals surface area contributed by atoms with E-state index >= 15 is 0 Å². The van der Waals surface area contributed by atoms with Crippen LogP contribution in [0.1, 0.15) is 0 Å². The zero-order chi connectivity index (χ0) is 14.4. The first kappa shape index (κ1) is 12.4. The van der Waals surface area contributed by atoms with Gasteiger partial charge in [-0.25, -0.2) is 4.98 Å². The molecule has 104 valence electrons. The van der Waals surface area contributed by atoms with Crippen molar-refractivity contribution in [2.24, 2.45) is 0 Å². The van der Waals surface area contributed by atoms with Crippen molar-refractivity contribution < 1.29 is 0 Å². The van der Waals surface area contributed by atoms with E-state index in [4.69, 9.17) is 11.6 Å². The molecule has 0 fully saturated rings. The van der Waals surface area contributed by atoms with Crippen molar-refractivity contribution in [2.75, 3.05) is 11.4 Å². The number of anilines is 2. The van der Waals surface area contributed by atoms with Gasteiger partial charge in [0.15, 0.2) is 0 Å². The average molecular weight is 298 g/mol. The Morgan fingerprint density at radius 2 is 1.76 bits per heavy atom. The summed E-state index contributed by atoms with van der Waals surface area (Å²) in [6.07, 6.45) is 0. The van der Waals surface area contributed by atoms with Crippen LogP contribution in [0.3, 0.4) is 0 Å². The molecule has 1 aliphatic rings. The van der Waals surface area contributed by atoms with Gasteiger partial charge in [-0.05, 0) is 36.4 Å². The van der Waals surface area contributed by atoms with Crippen LogP contribution in [0.5, 0.6) is 0 Å². The van der Waals surface area contributed by atoms with Gasteiger partial charge in [-0.1, -0.05) is 23.7 Å². The van der Waals surface area contributed by atoms with Crippen LogP contribution in [0.4, 0.5) is 11.6 Å². The van der Waals surface area contributed by atoms with E-state index in [1.807, 2.05) is 53.4 Å². The molecule has 4 nitrogen and oxygen atoms in total. The molecule has 0 atom stereocenters. The predicted octanol–water partition coefficient (Wildman–Crippen LogP) is 3.20. The number of fused-ring (bicyclic) bond motifs is 2. The van der Waals surface area contributed by atoms with Crippen LogP contribution in [0.2, 0.25) is 5.02 Å². The van der Waals surface area contributed by atoms with Gasteiger partial charge in [0.05, 0.1) is 10.9 Å². The predicted molar refractivity (Wildman–Crippen MR) is 84.5 cm³/mol. The van der Waals surface area contributed by atoms with E-state index in [9.17, 15) is 4.79 Å². The number of nitrogens with zero attached hydrogens (tertiary/aromatic N) is 3. The molecule has 4 rings (SSSR count). The highest BCUT2D eigenvalue weighted by atomic mass is 35.5. The van der Waals surface area contributed by atoms with Crippen LogP contribution in [-0.2, 0) is 6.54 Å². The van der Waals surface area contributed by atoms with Crippen molar-refractivity contribution in [3.8, 4) is 0 Å². The number of rotatable bonds is 1. The summed E-state index contributed by atoms with van der Waals surface area (Å²) in [5, 5.41) is 1.36. The quantitative estimate of drug-likeness (QED) is 0.692. The first-order valence-electron chi connectivity index (χ1n) is 6.77. The molecule has 21 heavy (non-hydrogen) atoms. The molecule has 2 aromatic carbocycles. The molecule has 0 N–H and O–H groups in total. The van der Waals surface area contributed by atoms with Gasteiger partial charge in [0, 0.05) is 23.8 Å². The molecule has 0 aliphatic carbocycles. The van der Waals surface area contributed by atoms with Crippen LogP contribution in [-0.4, -0.2) is 16.1 Å². The molecule has 0 bridgehead atoms. The normalized spacial score (nSPS) is 13.7. The number of halogens is 1. The molecular weight excluding hydrogens is 286 g/mol. The summed E-state index contributed by atoms with van der Waals surface area (Å²) in [5.74, 6) is 0.695. The zero-order valence-electron chi connectivity index (χ0n) is 11.2. The second-order valence-corrected chi connectivity index (χ2v) is 5.45. The second-order valence-electron chi connectivity index (χ2n) is 5.01. The van der Waals surface area contributed by atoms with Crippen molar-refractivity contribution in [2.45, 2.75) is 6.54 Å². The van der Waals surface area contributed by atoms with Gasteiger partial charge in [-0.15, -0.1) is 0 Å². The van der Waals surface area contributed by atoms with Gasteiger partial charge in [-0.3, -0.25) is 9.36 Å². The molecule has 0 saturated heterocycles. The molecule has 1 aromatic heterocycles. The lowest BCUT2D eigenvalue weighted by atomic mass is 10.2. The minimum Gasteiger partial charge on any atom is -0.310 e. The SMILES string of the molecule is O=c1c2ccccc2nc2n1CCN2c1ccc(Cl)cc1. The zero-order valence-corrected chi connectivity index (χ0v) is 11.9. The fourth-order valence-corrected chi connectivity index (χ4v) is 2.86. The average Bonchev–Trinajstić information content (AvgIpc) is 2.92. The fourth-order valence-electron chi connectivity index (χ4n) is 2.73. The highest BCUT2D eigenvalue weighted by Gasteiger charge is 2.24. The Hall–Kier alpha value is -2.33. The van der Waals surface area contributed by atoms with E-state index in [0.717, 1.165) is 17.7 Å². The Morgan fingerprint density at radius 1 is 1.00 bits per heavy atom. The first-order valence-corrected chi connectivity index (χ1v) is 7.14. The molecule has 0 radical (unpaired) electrons. The number of hydrogen-bond donors (Lipinski definition) is 0. The summed E-state index contributed by atoms with van der Waals surface area (Å²) in [6, 6.07) is 15.0. The minimum absolute atomic E-state index is 0.0204. The van der Waals surface area contributed by atoms with Crippen LogP contribution >= 0.6 is 11.6 Å². The summed E-state index contributed by atoms with van der Waals surface area (Å²) in [5.41, 5.74) is 1.74. The molecule has 5 heteroatoms. The van der Waals surface area contributed by atoms with Crippen LogP contribution < -0.4 is 10.5 Å². The number of hydrogen-bond acceptors (Lipinski definition) is 3. The Bertz CT molecular complexity index is 886. The third-order valence-electron chi connectivity index (χ3n) is 3.77. The Kier molecular flexibility index (Phi) is 2.72. The van der Waals surface area contributed by atoms with E-state index in [0.29, 0.717) is 22.9 Å². The molecule has 2 heterocycles. The molecule has 0 saturated carbocycles. The summed E-state index contributed by atoms with van der Waals surface area (Å²) in [7, 11) is 0. The molecule has 0 spiro atoms. The third-order valence-corrected chi connectivity index (χ3v) is 4.02. The number of aromatic nitrogens is 2. The van der Waals surface area contributed by atoms with E-state index in [-0.39, 0.29) is 5.56 Å². The van der Waals surface area contributed by atoms with Crippen LogP contribution in [0, 0.1) is 0 Å². The van der Waals surface area contributed by atoms with Crippen molar-refractivity contribution in [3.63, 3.8) is 0 Å². The van der Waals surface area contributed by atoms with Crippen molar-refractivity contribution in [3.05, 3.63) is 63.9 Å². The largest absolute Gasteiger partial charge is 0.310 e. The maximum absolute atomic E-state index is 12.5. The van der Waals surface area contributed by atoms with Crippen LogP contribution in [0.25, 0.3) is 10.9 Å². The Labute approximate surface area is 126 Å².